The summed E-state index contributed by atoms with van der Waals surface area (Å²) < 4.78 is 1.11. The highest BCUT2D eigenvalue weighted by Gasteiger charge is 2.09. The van der Waals surface area contributed by atoms with Crippen molar-refractivity contribution in [2.45, 2.75) is 34.6 Å². The summed E-state index contributed by atoms with van der Waals surface area (Å²) in [5.41, 5.74) is 9.41. The van der Waals surface area contributed by atoms with Gasteiger partial charge in [0.1, 0.15) is 0 Å². The van der Waals surface area contributed by atoms with E-state index in [1.54, 1.807) is 0 Å². The van der Waals surface area contributed by atoms with Gasteiger partial charge in [0.05, 0.1) is 0 Å². The molecule has 0 amide bonds. The molecule has 0 heterocycles. The van der Waals surface area contributed by atoms with Crippen molar-refractivity contribution in [3.63, 3.8) is 0 Å². The largest absolute Gasteiger partial charge is 0.0541 e. The van der Waals surface area contributed by atoms with Crippen LogP contribution in [0.1, 0.15) is 40.3 Å². The number of halogens is 1. The van der Waals surface area contributed by atoms with Crippen LogP contribution in [-0.2, 0) is 0 Å². The Balaban J connectivity index is 2.12. The van der Waals surface area contributed by atoms with E-state index >= 15 is 0 Å². The van der Waals surface area contributed by atoms with Crippen LogP contribution in [-0.4, -0.2) is 0 Å². The third-order valence-corrected chi connectivity index (χ3v) is 5.75. The quantitative estimate of drug-likeness (QED) is 0.407. The molecule has 0 aliphatic heterocycles. The van der Waals surface area contributed by atoms with E-state index in [0.29, 0.717) is 0 Å². The van der Waals surface area contributed by atoms with E-state index in [2.05, 4.69) is 99.1 Å². The van der Waals surface area contributed by atoms with Crippen LogP contribution in [0.4, 0.5) is 0 Å². The molecule has 0 saturated carbocycles. The topological polar surface area (TPSA) is 0 Å². The molecule has 0 unspecified atom stereocenters. The lowest BCUT2D eigenvalue weighted by molar-refractivity contribution is 1.25. The predicted octanol–water partition coefficient (Wildman–Crippen LogP) is 7.40. The lowest BCUT2D eigenvalue weighted by Crippen LogP contribution is -1.94. The van der Waals surface area contributed by atoms with Crippen molar-refractivity contribution in [2.24, 2.45) is 0 Å². The maximum absolute atomic E-state index is 3.49. The van der Waals surface area contributed by atoms with Crippen molar-refractivity contribution in [3.8, 4) is 0 Å². The fraction of sp³-hybridized carbons (Fsp3) is 0.217. The number of hydrogen-bond acceptors (Lipinski definition) is 0. The second kappa shape index (κ2) is 6.57. The smallest absolute Gasteiger partial charge is 0.0175 e. The molecule has 0 fully saturated rings. The maximum atomic E-state index is 3.49. The van der Waals surface area contributed by atoms with Crippen LogP contribution in [0.3, 0.4) is 0 Å². The Morgan fingerprint density at radius 3 is 1.96 bits per heavy atom. The molecule has 0 aliphatic rings. The van der Waals surface area contributed by atoms with Gasteiger partial charge in [-0.2, -0.15) is 0 Å². The zero-order valence-corrected chi connectivity index (χ0v) is 16.6. The van der Waals surface area contributed by atoms with Crippen LogP contribution in [0.5, 0.6) is 0 Å². The van der Waals surface area contributed by atoms with Crippen LogP contribution in [0.2, 0.25) is 0 Å². The van der Waals surface area contributed by atoms with Gasteiger partial charge < -0.3 is 0 Å². The predicted molar refractivity (Wildman–Crippen MR) is 111 cm³/mol. The Labute approximate surface area is 153 Å². The van der Waals surface area contributed by atoms with E-state index in [-0.39, 0.29) is 0 Å². The third-order valence-electron chi connectivity index (χ3n) is 5.22. The van der Waals surface area contributed by atoms with E-state index in [4.69, 9.17) is 0 Å². The second-order valence-electron chi connectivity index (χ2n) is 6.64. The van der Waals surface area contributed by atoms with Crippen molar-refractivity contribution in [1.82, 2.24) is 0 Å². The van der Waals surface area contributed by atoms with Gasteiger partial charge in [-0.15, -0.1) is 0 Å². The van der Waals surface area contributed by atoms with Crippen molar-refractivity contribution < 1.29 is 0 Å². The molecule has 0 saturated heterocycles. The molecule has 0 bridgehead atoms. The van der Waals surface area contributed by atoms with Crippen LogP contribution < -0.4 is 0 Å². The fourth-order valence-corrected chi connectivity index (χ4v) is 3.55. The van der Waals surface area contributed by atoms with Crippen LogP contribution in [0, 0.1) is 27.7 Å². The molecule has 0 aromatic heterocycles. The molecule has 0 nitrogen and oxygen atoms in total. The molecule has 3 aromatic carbocycles. The van der Waals surface area contributed by atoms with Gasteiger partial charge in [0.2, 0.25) is 0 Å². The number of benzene rings is 3. The molecule has 0 spiro atoms. The molecule has 3 rings (SSSR count). The lowest BCUT2D eigenvalue weighted by Gasteiger charge is -2.15. The van der Waals surface area contributed by atoms with Crippen molar-refractivity contribution >= 4 is 38.4 Å². The van der Waals surface area contributed by atoms with Crippen LogP contribution >= 0.6 is 15.9 Å². The minimum Gasteiger partial charge on any atom is -0.0541 e. The average Bonchev–Trinajstić information content (AvgIpc) is 2.59. The van der Waals surface area contributed by atoms with E-state index in [1.807, 2.05) is 0 Å². The molecule has 0 atom stereocenters. The number of fused-ring (bicyclic) bond motifs is 1. The van der Waals surface area contributed by atoms with Crippen molar-refractivity contribution in [1.29, 1.82) is 0 Å². The minimum absolute atomic E-state index is 1.11. The highest BCUT2D eigenvalue weighted by atomic mass is 79.9. The summed E-state index contributed by atoms with van der Waals surface area (Å²) in [5.74, 6) is 0. The van der Waals surface area contributed by atoms with Crippen molar-refractivity contribution in [3.05, 3.63) is 80.3 Å². The first-order chi connectivity index (χ1) is 11.4. The monoisotopic (exact) mass is 378 g/mol. The number of aryl methyl sites for hydroxylation is 2. The van der Waals surface area contributed by atoms with Gasteiger partial charge in [0, 0.05) is 4.47 Å². The van der Waals surface area contributed by atoms with Gasteiger partial charge in [-0.25, -0.2) is 0 Å². The van der Waals surface area contributed by atoms with E-state index < -0.39 is 0 Å². The van der Waals surface area contributed by atoms with Gasteiger partial charge in [0.15, 0.2) is 0 Å². The first kappa shape index (κ1) is 17.0. The SMILES string of the molecule is C/C(=C\c1ccc(Br)cc1)c1ccc2c(C)c(C)c(C)c(C)c2c1. The Bertz CT molecular complexity index is 944. The van der Waals surface area contributed by atoms with E-state index in [0.717, 1.165) is 4.47 Å². The normalized spacial score (nSPS) is 12.0. The summed E-state index contributed by atoms with van der Waals surface area (Å²) in [5, 5.41) is 2.74. The number of rotatable bonds is 2. The minimum atomic E-state index is 1.11. The van der Waals surface area contributed by atoms with Gasteiger partial charge in [-0.3, -0.25) is 0 Å². The molecular formula is C23H23Br. The first-order valence-corrected chi connectivity index (χ1v) is 9.12. The molecular weight excluding hydrogens is 356 g/mol. The first-order valence-electron chi connectivity index (χ1n) is 8.33. The summed E-state index contributed by atoms with van der Waals surface area (Å²) in [6.45, 7) is 11.1. The van der Waals surface area contributed by atoms with E-state index in [1.165, 1.54) is 49.7 Å². The Morgan fingerprint density at radius 2 is 1.33 bits per heavy atom. The molecule has 0 N–H and O–H groups in total. The van der Waals surface area contributed by atoms with Gasteiger partial charge in [0.25, 0.3) is 0 Å². The van der Waals surface area contributed by atoms with E-state index in [9.17, 15) is 0 Å². The zero-order chi connectivity index (χ0) is 17.4. The molecule has 3 aromatic rings. The third kappa shape index (κ3) is 3.06. The molecule has 0 radical (unpaired) electrons. The summed E-state index contributed by atoms with van der Waals surface area (Å²) in [6.07, 6.45) is 2.25. The Kier molecular flexibility index (Phi) is 4.64. The summed E-state index contributed by atoms with van der Waals surface area (Å²) in [4.78, 5) is 0. The molecule has 1 heteroatoms. The maximum Gasteiger partial charge on any atom is 0.0175 e. The van der Waals surface area contributed by atoms with Crippen LogP contribution in [0.15, 0.2) is 46.9 Å². The summed E-state index contributed by atoms with van der Waals surface area (Å²) in [7, 11) is 0. The molecule has 122 valence electrons. The Morgan fingerprint density at radius 1 is 0.750 bits per heavy atom. The number of hydrogen-bond donors (Lipinski definition) is 0. The second-order valence-corrected chi connectivity index (χ2v) is 7.55. The average molecular weight is 379 g/mol. The van der Waals surface area contributed by atoms with Crippen molar-refractivity contribution in [2.75, 3.05) is 0 Å². The standard InChI is InChI=1S/C23H23Br/c1-14(12-19-6-9-21(24)10-7-19)20-8-11-22-17(4)15(2)16(3)18(5)23(22)13-20/h6-13H,1-5H3/b14-12+. The number of allylic oxidation sites excluding steroid dienone is 1. The van der Waals surface area contributed by atoms with Gasteiger partial charge >= 0.3 is 0 Å². The fourth-order valence-electron chi connectivity index (χ4n) is 3.29. The van der Waals surface area contributed by atoms with Crippen LogP contribution in [0.25, 0.3) is 22.4 Å². The summed E-state index contributed by atoms with van der Waals surface area (Å²) >= 11 is 3.49. The van der Waals surface area contributed by atoms with Gasteiger partial charge in [-0.05, 0) is 103 Å². The highest BCUT2D eigenvalue weighted by molar-refractivity contribution is 9.10. The Hall–Kier alpha value is -1.86. The molecule has 0 aliphatic carbocycles. The van der Waals surface area contributed by atoms with Gasteiger partial charge in [-0.1, -0.05) is 46.3 Å². The zero-order valence-electron chi connectivity index (χ0n) is 15.0. The lowest BCUT2D eigenvalue weighted by atomic mass is 9.90. The highest BCUT2D eigenvalue weighted by Crippen LogP contribution is 2.31. The summed E-state index contributed by atoms with van der Waals surface area (Å²) in [6, 6.07) is 15.3. The molecule has 24 heavy (non-hydrogen) atoms.